The number of ether oxygens (including phenoxy) is 1. The van der Waals surface area contributed by atoms with Gasteiger partial charge in [0.1, 0.15) is 11.4 Å². The van der Waals surface area contributed by atoms with Crippen molar-refractivity contribution in [3.05, 3.63) is 59.7 Å². The largest absolute Gasteiger partial charge is 0.495 e. The number of hydrogen-bond donors (Lipinski definition) is 3. The normalized spacial score (nSPS) is 23.4. The minimum atomic E-state index is -0.877. The molecule has 6 heteroatoms. The molecule has 0 radical (unpaired) electrons. The molecule has 2 aromatic carbocycles. The Hall–Kier alpha value is -2.73. The molecule has 1 saturated heterocycles. The summed E-state index contributed by atoms with van der Waals surface area (Å²) >= 11 is 0. The Balaban J connectivity index is 1.42. The van der Waals surface area contributed by atoms with Crippen LogP contribution in [0.2, 0.25) is 0 Å². The third-order valence-electron chi connectivity index (χ3n) is 6.12. The van der Waals surface area contributed by atoms with Crippen molar-refractivity contribution in [1.29, 1.82) is 0 Å². The minimum absolute atomic E-state index is 0.290. The van der Waals surface area contributed by atoms with E-state index in [-0.39, 0.29) is 0 Å². The molecule has 2 atom stereocenters. The Morgan fingerprint density at radius 3 is 2.87 bits per heavy atom. The van der Waals surface area contributed by atoms with Gasteiger partial charge in [0.25, 0.3) is 0 Å². The Bertz CT molecular complexity index is 900. The summed E-state index contributed by atoms with van der Waals surface area (Å²) in [5.74, 6) is 1.67. The fourth-order valence-electron chi connectivity index (χ4n) is 4.54. The number of aryl methyl sites for hydroxylation is 1. The van der Waals surface area contributed by atoms with E-state index in [4.69, 9.17) is 9.73 Å². The van der Waals surface area contributed by atoms with E-state index in [0.717, 1.165) is 61.9 Å². The van der Waals surface area contributed by atoms with Crippen LogP contribution in [0.3, 0.4) is 0 Å². The van der Waals surface area contributed by atoms with Crippen LogP contribution in [-0.2, 0) is 12.0 Å². The number of rotatable bonds is 6. The van der Waals surface area contributed by atoms with E-state index in [1.54, 1.807) is 7.11 Å². The van der Waals surface area contributed by atoms with Crippen LogP contribution in [0.5, 0.6) is 5.75 Å². The zero-order valence-corrected chi connectivity index (χ0v) is 17.9. The quantitative estimate of drug-likeness (QED) is 0.507. The molecule has 0 saturated carbocycles. The first kappa shape index (κ1) is 20.5. The van der Waals surface area contributed by atoms with Gasteiger partial charge in [0.05, 0.1) is 19.3 Å². The summed E-state index contributed by atoms with van der Waals surface area (Å²) in [6.07, 6.45) is 2.65. The van der Waals surface area contributed by atoms with Crippen LogP contribution in [0, 0.1) is 0 Å². The summed E-state index contributed by atoms with van der Waals surface area (Å²) in [6.45, 7) is 5.06. The van der Waals surface area contributed by atoms with Gasteiger partial charge in [0.2, 0.25) is 0 Å². The van der Waals surface area contributed by atoms with Gasteiger partial charge in [0, 0.05) is 25.7 Å². The second-order valence-electron chi connectivity index (χ2n) is 8.13. The first-order chi connectivity index (χ1) is 14.6. The minimum Gasteiger partial charge on any atom is -0.495 e. The molecule has 2 aliphatic rings. The SMILES string of the molecule is CCNC(=NCC1(O)CCc2ccccc21)NC1CCN(c2ccccc2OC)C1. The van der Waals surface area contributed by atoms with Crippen molar-refractivity contribution in [2.24, 2.45) is 4.99 Å². The lowest BCUT2D eigenvalue weighted by Gasteiger charge is -2.24. The van der Waals surface area contributed by atoms with Crippen molar-refractivity contribution in [2.75, 3.05) is 38.2 Å². The van der Waals surface area contributed by atoms with Crippen molar-refractivity contribution >= 4 is 11.6 Å². The van der Waals surface area contributed by atoms with E-state index >= 15 is 0 Å². The molecule has 0 amide bonds. The van der Waals surface area contributed by atoms with E-state index in [9.17, 15) is 5.11 Å². The maximum Gasteiger partial charge on any atom is 0.191 e. The van der Waals surface area contributed by atoms with Gasteiger partial charge in [-0.15, -0.1) is 0 Å². The molecular formula is C24H32N4O2. The highest BCUT2D eigenvalue weighted by Crippen LogP contribution is 2.37. The highest BCUT2D eigenvalue weighted by atomic mass is 16.5. The smallest absolute Gasteiger partial charge is 0.191 e. The van der Waals surface area contributed by atoms with Crippen LogP contribution in [-0.4, -0.2) is 50.4 Å². The molecule has 6 nitrogen and oxygen atoms in total. The molecule has 30 heavy (non-hydrogen) atoms. The van der Waals surface area contributed by atoms with Gasteiger partial charge in [-0.1, -0.05) is 36.4 Å². The average Bonchev–Trinajstić information content (AvgIpc) is 3.38. The number of nitrogens with one attached hydrogen (secondary N) is 2. The van der Waals surface area contributed by atoms with Gasteiger partial charge in [-0.25, -0.2) is 4.99 Å². The molecule has 0 spiro atoms. The Morgan fingerprint density at radius 1 is 1.23 bits per heavy atom. The summed E-state index contributed by atoms with van der Waals surface area (Å²) in [6, 6.07) is 16.6. The standard InChI is InChI=1S/C24H32N4O2/c1-3-25-23(26-17-24(29)14-12-18-8-4-5-9-20(18)24)27-19-13-15-28(16-19)21-10-6-7-11-22(21)30-2/h4-11,19,29H,3,12-17H2,1-2H3,(H2,25,26,27). The number of aliphatic hydroxyl groups is 1. The molecule has 0 aromatic heterocycles. The van der Waals surface area contributed by atoms with Crippen LogP contribution in [0.15, 0.2) is 53.5 Å². The summed E-state index contributed by atoms with van der Waals surface area (Å²) in [7, 11) is 1.71. The van der Waals surface area contributed by atoms with Crippen molar-refractivity contribution in [2.45, 2.75) is 37.8 Å². The number of fused-ring (bicyclic) bond motifs is 1. The Kier molecular flexibility index (Phi) is 6.13. The van der Waals surface area contributed by atoms with Gasteiger partial charge in [-0.3, -0.25) is 0 Å². The fourth-order valence-corrected chi connectivity index (χ4v) is 4.54. The summed E-state index contributed by atoms with van der Waals surface area (Å²) in [5, 5.41) is 18.1. The maximum absolute atomic E-state index is 11.2. The molecule has 1 heterocycles. The predicted molar refractivity (Wildman–Crippen MR) is 121 cm³/mol. The molecule has 0 bridgehead atoms. The fraction of sp³-hybridized carbons (Fsp3) is 0.458. The van der Waals surface area contributed by atoms with Gasteiger partial charge >= 0.3 is 0 Å². The molecule has 2 unspecified atom stereocenters. The number of guanidine groups is 1. The molecule has 4 rings (SSSR count). The number of nitrogens with zero attached hydrogens (tertiary/aromatic N) is 2. The van der Waals surface area contributed by atoms with Crippen molar-refractivity contribution in [1.82, 2.24) is 10.6 Å². The summed E-state index contributed by atoms with van der Waals surface area (Å²) in [5.41, 5.74) is 2.50. The Morgan fingerprint density at radius 2 is 2.03 bits per heavy atom. The third-order valence-corrected chi connectivity index (χ3v) is 6.12. The number of anilines is 1. The highest BCUT2D eigenvalue weighted by molar-refractivity contribution is 5.80. The monoisotopic (exact) mass is 408 g/mol. The number of benzene rings is 2. The second kappa shape index (κ2) is 8.96. The van der Waals surface area contributed by atoms with Crippen LogP contribution in [0.1, 0.15) is 30.9 Å². The molecule has 3 N–H and O–H groups in total. The summed E-state index contributed by atoms with van der Waals surface area (Å²) in [4.78, 5) is 7.11. The van der Waals surface area contributed by atoms with E-state index in [1.807, 2.05) is 36.4 Å². The van der Waals surface area contributed by atoms with E-state index in [1.165, 1.54) is 5.56 Å². The van der Waals surface area contributed by atoms with E-state index in [0.29, 0.717) is 12.6 Å². The lowest BCUT2D eigenvalue weighted by atomic mass is 9.96. The van der Waals surface area contributed by atoms with Crippen molar-refractivity contribution < 1.29 is 9.84 Å². The van der Waals surface area contributed by atoms with Crippen LogP contribution in [0.4, 0.5) is 5.69 Å². The lowest BCUT2D eigenvalue weighted by molar-refractivity contribution is 0.0485. The third kappa shape index (κ3) is 4.24. The van der Waals surface area contributed by atoms with Gasteiger partial charge in [-0.2, -0.15) is 0 Å². The number of hydrogen-bond acceptors (Lipinski definition) is 4. The van der Waals surface area contributed by atoms with Crippen LogP contribution >= 0.6 is 0 Å². The zero-order valence-electron chi connectivity index (χ0n) is 17.9. The number of methoxy groups -OCH3 is 1. The molecule has 1 aliphatic carbocycles. The maximum atomic E-state index is 11.2. The van der Waals surface area contributed by atoms with Gasteiger partial charge in [0.15, 0.2) is 5.96 Å². The van der Waals surface area contributed by atoms with E-state index < -0.39 is 5.60 Å². The first-order valence-electron chi connectivity index (χ1n) is 10.9. The number of para-hydroxylation sites is 2. The molecule has 1 aliphatic heterocycles. The molecule has 1 fully saturated rings. The molecule has 2 aromatic rings. The van der Waals surface area contributed by atoms with E-state index in [2.05, 4.69) is 34.6 Å². The van der Waals surface area contributed by atoms with Gasteiger partial charge in [-0.05, 0) is 49.4 Å². The molecule has 160 valence electrons. The average molecular weight is 409 g/mol. The summed E-state index contributed by atoms with van der Waals surface area (Å²) < 4.78 is 5.52. The zero-order chi connectivity index (χ0) is 21.0. The first-order valence-corrected chi connectivity index (χ1v) is 10.9. The van der Waals surface area contributed by atoms with Crippen LogP contribution < -0.4 is 20.3 Å². The van der Waals surface area contributed by atoms with Gasteiger partial charge < -0.3 is 25.4 Å². The number of aliphatic imine (C=N–C) groups is 1. The van der Waals surface area contributed by atoms with Crippen LogP contribution in [0.25, 0.3) is 0 Å². The topological polar surface area (TPSA) is 69.1 Å². The second-order valence-corrected chi connectivity index (χ2v) is 8.13. The molecular weight excluding hydrogens is 376 g/mol. The lowest BCUT2D eigenvalue weighted by Crippen LogP contribution is -2.45. The van der Waals surface area contributed by atoms with Crippen molar-refractivity contribution in [3.63, 3.8) is 0 Å². The predicted octanol–water partition coefficient (Wildman–Crippen LogP) is 2.66. The highest BCUT2D eigenvalue weighted by Gasteiger charge is 2.36. The Labute approximate surface area is 179 Å². The van der Waals surface area contributed by atoms with Crippen molar-refractivity contribution in [3.8, 4) is 5.75 Å².